The molecule has 0 saturated carbocycles. The number of hydrogen-bond donors (Lipinski definition) is 1. The molecule has 13 heavy (non-hydrogen) atoms. The van der Waals surface area contributed by atoms with E-state index in [-0.39, 0.29) is 5.92 Å². The first-order chi connectivity index (χ1) is 6.25. The first kappa shape index (κ1) is 9.19. The van der Waals surface area contributed by atoms with E-state index in [4.69, 9.17) is 11.6 Å². The number of Topliss-reactive ketones (excluding diaryl/α,β-unsaturated/α-hetero) is 1. The van der Waals surface area contributed by atoms with Crippen molar-refractivity contribution in [1.82, 2.24) is 5.32 Å². The fourth-order valence-corrected chi connectivity index (χ4v) is 2.38. The van der Waals surface area contributed by atoms with Crippen LogP contribution in [-0.4, -0.2) is 18.9 Å². The van der Waals surface area contributed by atoms with Gasteiger partial charge in [0.2, 0.25) is 0 Å². The van der Waals surface area contributed by atoms with Crippen molar-refractivity contribution in [2.24, 2.45) is 5.92 Å². The lowest BCUT2D eigenvalue weighted by molar-refractivity contribution is -0.123. The highest BCUT2D eigenvalue weighted by atomic mass is 35.5. The first-order valence-electron chi connectivity index (χ1n) is 4.23. The summed E-state index contributed by atoms with van der Waals surface area (Å²) in [4.78, 5) is 12.6. The van der Waals surface area contributed by atoms with Gasteiger partial charge in [-0.05, 0) is 12.1 Å². The minimum absolute atomic E-state index is 0.237. The van der Waals surface area contributed by atoms with Gasteiger partial charge in [0.25, 0.3) is 0 Å². The first-order valence-corrected chi connectivity index (χ1v) is 5.43. The lowest BCUT2D eigenvalue weighted by atomic mass is 9.95. The fraction of sp³-hybridized carbons (Fsp3) is 0.444. The van der Waals surface area contributed by atoms with Crippen LogP contribution in [0.15, 0.2) is 12.1 Å². The molecule has 0 spiro atoms. The Morgan fingerprint density at radius 2 is 2.38 bits per heavy atom. The van der Waals surface area contributed by atoms with Gasteiger partial charge < -0.3 is 5.32 Å². The molecule has 1 aliphatic rings. The van der Waals surface area contributed by atoms with Crippen molar-refractivity contribution in [1.29, 1.82) is 0 Å². The maximum atomic E-state index is 11.5. The highest BCUT2D eigenvalue weighted by Gasteiger charge is 2.24. The topological polar surface area (TPSA) is 29.1 Å². The fourth-order valence-electron chi connectivity index (χ4n) is 1.28. The second kappa shape index (κ2) is 3.78. The lowest BCUT2D eigenvalue weighted by Gasteiger charge is -2.25. The standard InChI is InChI=1S/C9H10ClNOS/c10-9-2-1-7(13-9)3-8(12)6-4-11-5-6/h1-2,6,11H,3-5H2. The molecule has 0 atom stereocenters. The molecule has 0 aromatic carbocycles. The van der Waals surface area contributed by atoms with Crippen LogP contribution in [0.1, 0.15) is 4.88 Å². The maximum Gasteiger partial charge on any atom is 0.143 e. The molecule has 0 radical (unpaired) electrons. The van der Waals surface area contributed by atoms with E-state index in [0.29, 0.717) is 12.2 Å². The Balaban J connectivity index is 1.93. The molecule has 1 N–H and O–H groups in total. The molecule has 0 amide bonds. The van der Waals surface area contributed by atoms with Crippen LogP contribution in [0.5, 0.6) is 0 Å². The third-order valence-corrected chi connectivity index (χ3v) is 3.45. The molecule has 1 aliphatic heterocycles. The van der Waals surface area contributed by atoms with Crippen molar-refractivity contribution >= 4 is 28.7 Å². The average Bonchev–Trinajstić information content (AvgIpc) is 2.31. The summed E-state index contributed by atoms with van der Waals surface area (Å²) in [6.45, 7) is 1.69. The van der Waals surface area contributed by atoms with Gasteiger partial charge in [-0.3, -0.25) is 4.79 Å². The number of ketones is 1. The second-order valence-corrected chi connectivity index (χ2v) is 5.00. The summed E-state index contributed by atoms with van der Waals surface area (Å²) < 4.78 is 0.759. The third kappa shape index (κ3) is 2.10. The normalized spacial score (nSPS) is 17.0. The number of rotatable bonds is 3. The maximum absolute atomic E-state index is 11.5. The SMILES string of the molecule is O=C(Cc1ccc(Cl)s1)C1CNC1. The molecular formula is C9H10ClNOS. The van der Waals surface area contributed by atoms with Gasteiger partial charge in [-0.1, -0.05) is 11.6 Å². The molecule has 2 rings (SSSR count). The van der Waals surface area contributed by atoms with Crippen LogP contribution >= 0.6 is 22.9 Å². The third-order valence-electron chi connectivity index (χ3n) is 2.21. The summed E-state index contributed by atoms with van der Waals surface area (Å²) in [6, 6.07) is 3.77. The number of nitrogens with one attached hydrogen (secondary N) is 1. The minimum Gasteiger partial charge on any atom is -0.315 e. The van der Waals surface area contributed by atoms with E-state index in [1.807, 2.05) is 12.1 Å². The van der Waals surface area contributed by atoms with Gasteiger partial charge in [-0.2, -0.15) is 0 Å². The van der Waals surface area contributed by atoms with E-state index in [1.54, 1.807) is 0 Å². The highest BCUT2D eigenvalue weighted by molar-refractivity contribution is 7.16. The van der Waals surface area contributed by atoms with Gasteiger partial charge in [-0.15, -0.1) is 11.3 Å². The molecular weight excluding hydrogens is 206 g/mol. The molecule has 0 unspecified atom stereocenters. The Labute approximate surface area is 85.9 Å². The van der Waals surface area contributed by atoms with Crippen LogP contribution in [0, 0.1) is 5.92 Å². The smallest absolute Gasteiger partial charge is 0.143 e. The second-order valence-electron chi connectivity index (χ2n) is 3.20. The summed E-state index contributed by atoms with van der Waals surface area (Å²) in [5.41, 5.74) is 0. The van der Waals surface area contributed by atoms with E-state index >= 15 is 0 Å². The number of carbonyl (C=O) groups is 1. The zero-order valence-electron chi connectivity index (χ0n) is 7.05. The predicted octanol–water partition coefficient (Wildman–Crippen LogP) is 1.73. The number of halogens is 1. The Morgan fingerprint density at radius 3 is 2.85 bits per heavy atom. The molecule has 1 aromatic heterocycles. The van der Waals surface area contributed by atoms with E-state index in [0.717, 1.165) is 22.3 Å². The summed E-state index contributed by atoms with van der Waals surface area (Å²) in [5.74, 6) is 0.568. The molecule has 4 heteroatoms. The Kier molecular flexibility index (Phi) is 2.67. The van der Waals surface area contributed by atoms with Crippen molar-refractivity contribution in [2.75, 3.05) is 13.1 Å². The Bertz CT molecular complexity index is 319. The van der Waals surface area contributed by atoms with E-state index in [1.165, 1.54) is 11.3 Å². The van der Waals surface area contributed by atoms with Crippen LogP contribution in [-0.2, 0) is 11.2 Å². The predicted molar refractivity (Wildman–Crippen MR) is 54.4 cm³/mol. The van der Waals surface area contributed by atoms with Crippen LogP contribution in [0.25, 0.3) is 0 Å². The molecule has 2 heterocycles. The zero-order valence-corrected chi connectivity index (χ0v) is 8.62. The quantitative estimate of drug-likeness (QED) is 0.832. The van der Waals surface area contributed by atoms with Crippen LogP contribution in [0.4, 0.5) is 0 Å². The summed E-state index contributed by atoms with van der Waals surface area (Å²) in [6.07, 6.45) is 0.545. The van der Waals surface area contributed by atoms with Crippen molar-refractivity contribution in [3.8, 4) is 0 Å². The van der Waals surface area contributed by atoms with Crippen molar-refractivity contribution in [2.45, 2.75) is 6.42 Å². The van der Waals surface area contributed by atoms with E-state index in [2.05, 4.69) is 5.32 Å². The largest absolute Gasteiger partial charge is 0.315 e. The molecule has 1 fully saturated rings. The average molecular weight is 216 g/mol. The van der Waals surface area contributed by atoms with Gasteiger partial charge in [0, 0.05) is 30.3 Å². The van der Waals surface area contributed by atoms with Gasteiger partial charge in [0.05, 0.1) is 4.34 Å². The summed E-state index contributed by atoms with van der Waals surface area (Å²) >= 11 is 7.26. The Morgan fingerprint density at radius 1 is 1.62 bits per heavy atom. The van der Waals surface area contributed by atoms with E-state index < -0.39 is 0 Å². The lowest BCUT2D eigenvalue weighted by Crippen LogP contribution is -2.46. The summed E-state index contributed by atoms with van der Waals surface area (Å²) in [5, 5.41) is 3.09. The molecule has 1 saturated heterocycles. The van der Waals surface area contributed by atoms with Crippen LogP contribution in [0.3, 0.4) is 0 Å². The molecule has 2 nitrogen and oxygen atoms in total. The summed E-state index contributed by atoms with van der Waals surface area (Å²) in [7, 11) is 0. The van der Waals surface area contributed by atoms with Gasteiger partial charge in [-0.25, -0.2) is 0 Å². The molecule has 0 bridgehead atoms. The van der Waals surface area contributed by atoms with Crippen molar-refractivity contribution < 1.29 is 4.79 Å². The van der Waals surface area contributed by atoms with Crippen molar-refractivity contribution in [3.05, 3.63) is 21.3 Å². The number of thiophene rings is 1. The molecule has 70 valence electrons. The zero-order chi connectivity index (χ0) is 9.26. The number of carbonyl (C=O) groups excluding carboxylic acids is 1. The van der Waals surface area contributed by atoms with Crippen LogP contribution < -0.4 is 5.32 Å². The minimum atomic E-state index is 0.237. The van der Waals surface area contributed by atoms with E-state index in [9.17, 15) is 4.79 Å². The molecule has 1 aromatic rings. The van der Waals surface area contributed by atoms with Gasteiger partial charge in [0.15, 0.2) is 0 Å². The Hall–Kier alpha value is -0.380. The highest BCUT2D eigenvalue weighted by Crippen LogP contribution is 2.23. The monoisotopic (exact) mass is 215 g/mol. The number of hydrogen-bond acceptors (Lipinski definition) is 3. The van der Waals surface area contributed by atoms with Gasteiger partial charge in [0.1, 0.15) is 5.78 Å². The molecule has 0 aliphatic carbocycles. The van der Waals surface area contributed by atoms with Crippen LogP contribution in [0.2, 0.25) is 4.34 Å². The van der Waals surface area contributed by atoms with Gasteiger partial charge >= 0.3 is 0 Å². The van der Waals surface area contributed by atoms with Crippen molar-refractivity contribution in [3.63, 3.8) is 0 Å².